The maximum Gasteiger partial charge on any atom is 0.221 e. The van der Waals surface area contributed by atoms with Gasteiger partial charge in [-0.15, -0.1) is 15.3 Å². The molecule has 4 heterocycles. The highest BCUT2D eigenvalue weighted by atomic mass is 16.1. The molecule has 34 heavy (non-hydrogen) atoms. The number of likely N-dealkylation sites (tertiary alicyclic amines) is 1. The lowest BCUT2D eigenvalue weighted by atomic mass is 9.81. The molecule has 2 N–H and O–H groups in total. The number of piperazine rings is 1. The van der Waals surface area contributed by atoms with Crippen molar-refractivity contribution < 1.29 is 4.79 Å². The Morgan fingerprint density at radius 3 is 2.44 bits per heavy atom. The van der Waals surface area contributed by atoms with Crippen LogP contribution in [0.5, 0.6) is 0 Å². The number of hydrogen-bond donors (Lipinski definition) is 1. The molecule has 9 heteroatoms. The number of rotatable bonds is 7. The van der Waals surface area contributed by atoms with Crippen LogP contribution >= 0.6 is 0 Å². The number of nitrogens with two attached hydrogens (primary N) is 1. The Morgan fingerprint density at radius 2 is 1.74 bits per heavy atom. The van der Waals surface area contributed by atoms with Gasteiger partial charge in [-0.25, -0.2) is 0 Å². The third-order valence-electron chi connectivity index (χ3n) is 8.35. The van der Waals surface area contributed by atoms with Crippen molar-refractivity contribution in [2.45, 2.75) is 51.4 Å². The molecule has 0 radical (unpaired) electrons. The van der Waals surface area contributed by atoms with Crippen LogP contribution in [-0.4, -0.2) is 88.4 Å². The molecule has 0 spiro atoms. The minimum absolute atomic E-state index is 0.224. The molecule has 2 aromatic heterocycles. The summed E-state index contributed by atoms with van der Waals surface area (Å²) in [5, 5.41) is 13.6. The van der Waals surface area contributed by atoms with Gasteiger partial charge in [0.1, 0.15) is 5.82 Å². The number of carbonyl (C=O) groups excluding carboxylic acids is 1. The number of piperidine rings is 1. The SMILES string of the molecule is CN1CCN(c2ccc3nnc(CC(C(N)=O)C4CCN(CC5CCCCC5)CC4)n3n2)CC1. The molecular weight excluding hydrogens is 428 g/mol. The quantitative estimate of drug-likeness (QED) is 0.662. The van der Waals surface area contributed by atoms with Crippen LogP contribution in [0.25, 0.3) is 5.65 Å². The Bertz CT molecular complexity index is 955. The summed E-state index contributed by atoms with van der Waals surface area (Å²) >= 11 is 0. The molecule has 0 aromatic carbocycles. The summed E-state index contributed by atoms with van der Waals surface area (Å²) in [5.41, 5.74) is 6.65. The highest BCUT2D eigenvalue weighted by Crippen LogP contribution is 2.30. The van der Waals surface area contributed by atoms with Gasteiger partial charge < -0.3 is 20.4 Å². The van der Waals surface area contributed by atoms with Gasteiger partial charge in [-0.3, -0.25) is 4.79 Å². The molecule has 9 nitrogen and oxygen atoms in total. The first kappa shape index (κ1) is 23.5. The molecule has 1 unspecified atom stereocenters. The fourth-order valence-electron chi connectivity index (χ4n) is 6.12. The Hall–Kier alpha value is -2.26. The Labute approximate surface area is 202 Å². The van der Waals surface area contributed by atoms with Crippen molar-refractivity contribution in [2.75, 3.05) is 57.8 Å². The second kappa shape index (κ2) is 10.6. The number of carbonyl (C=O) groups is 1. The summed E-state index contributed by atoms with van der Waals surface area (Å²) in [7, 11) is 2.15. The molecule has 2 aromatic rings. The molecular formula is C25H40N8O. The zero-order valence-electron chi connectivity index (χ0n) is 20.6. The van der Waals surface area contributed by atoms with Crippen molar-refractivity contribution in [1.82, 2.24) is 29.6 Å². The topological polar surface area (TPSA) is 95.9 Å². The predicted molar refractivity (Wildman–Crippen MR) is 133 cm³/mol. The van der Waals surface area contributed by atoms with Crippen molar-refractivity contribution in [3.8, 4) is 0 Å². The second-order valence-corrected chi connectivity index (χ2v) is 10.7. The van der Waals surface area contributed by atoms with E-state index < -0.39 is 0 Å². The standard InChI is InChI=1S/C25H40N8O/c1-30-13-15-32(16-14-30)23-8-7-22-27-28-24(33(22)29-23)17-21(25(26)34)20-9-11-31(12-10-20)18-19-5-3-2-4-6-19/h7-8,19-21H,2-6,9-18H2,1H3,(H2,26,34). The summed E-state index contributed by atoms with van der Waals surface area (Å²) < 4.78 is 1.82. The zero-order valence-corrected chi connectivity index (χ0v) is 20.6. The predicted octanol–water partition coefficient (Wildman–Crippen LogP) is 1.81. The van der Waals surface area contributed by atoms with E-state index in [2.05, 4.69) is 31.9 Å². The second-order valence-electron chi connectivity index (χ2n) is 10.7. The molecule has 0 bridgehead atoms. The van der Waals surface area contributed by atoms with Crippen LogP contribution in [-0.2, 0) is 11.2 Å². The maximum atomic E-state index is 12.5. The van der Waals surface area contributed by atoms with Gasteiger partial charge in [-0.2, -0.15) is 4.52 Å². The summed E-state index contributed by atoms with van der Waals surface area (Å²) in [6.45, 7) is 7.32. The number of aromatic nitrogens is 4. The van der Waals surface area contributed by atoms with E-state index in [0.29, 0.717) is 12.3 Å². The number of fused-ring (bicyclic) bond motifs is 1. The van der Waals surface area contributed by atoms with Crippen LogP contribution in [0.1, 0.15) is 50.8 Å². The zero-order chi connectivity index (χ0) is 23.5. The fraction of sp³-hybridized carbons (Fsp3) is 0.760. The molecule has 1 atom stereocenters. The fourth-order valence-corrected chi connectivity index (χ4v) is 6.12. The smallest absolute Gasteiger partial charge is 0.221 e. The first-order valence-electron chi connectivity index (χ1n) is 13.2. The average Bonchev–Trinajstić information content (AvgIpc) is 3.26. The molecule has 2 saturated heterocycles. The van der Waals surface area contributed by atoms with Gasteiger partial charge in [0, 0.05) is 45.1 Å². The third kappa shape index (κ3) is 5.35. The number of hydrogen-bond acceptors (Lipinski definition) is 7. The van der Waals surface area contributed by atoms with E-state index in [-0.39, 0.29) is 11.8 Å². The van der Waals surface area contributed by atoms with Crippen molar-refractivity contribution in [1.29, 1.82) is 0 Å². The summed E-state index contributed by atoms with van der Waals surface area (Å²) in [6.07, 6.45) is 9.50. The van der Waals surface area contributed by atoms with Crippen LogP contribution in [0, 0.1) is 17.8 Å². The van der Waals surface area contributed by atoms with Crippen LogP contribution in [0.2, 0.25) is 0 Å². The number of likely N-dealkylation sites (N-methyl/N-ethyl adjacent to an activating group) is 1. The van der Waals surface area contributed by atoms with Gasteiger partial charge in [-0.1, -0.05) is 19.3 Å². The van der Waals surface area contributed by atoms with Crippen LogP contribution in [0.4, 0.5) is 5.82 Å². The minimum atomic E-state index is -0.224. The lowest BCUT2D eigenvalue weighted by Gasteiger charge is -2.37. The Balaban J connectivity index is 1.24. The van der Waals surface area contributed by atoms with Gasteiger partial charge in [0.2, 0.25) is 5.91 Å². The van der Waals surface area contributed by atoms with E-state index in [1.165, 1.54) is 38.6 Å². The Kier molecular flexibility index (Phi) is 7.29. The summed E-state index contributed by atoms with van der Waals surface area (Å²) in [5.74, 6) is 2.39. The van der Waals surface area contributed by atoms with Crippen LogP contribution in [0.15, 0.2) is 12.1 Å². The lowest BCUT2D eigenvalue weighted by Crippen LogP contribution is -2.45. The summed E-state index contributed by atoms with van der Waals surface area (Å²) in [4.78, 5) is 19.8. The van der Waals surface area contributed by atoms with Crippen LogP contribution < -0.4 is 10.6 Å². The largest absolute Gasteiger partial charge is 0.369 e. The van der Waals surface area contributed by atoms with Crippen molar-refractivity contribution in [3.05, 3.63) is 18.0 Å². The highest BCUT2D eigenvalue weighted by Gasteiger charge is 2.32. The molecule has 3 fully saturated rings. The molecule has 1 saturated carbocycles. The van der Waals surface area contributed by atoms with Crippen molar-refractivity contribution in [3.63, 3.8) is 0 Å². The van der Waals surface area contributed by atoms with Gasteiger partial charge in [0.15, 0.2) is 11.5 Å². The van der Waals surface area contributed by atoms with E-state index in [1.54, 1.807) is 0 Å². The first-order chi connectivity index (χ1) is 16.6. The normalized spacial score (nSPS) is 22.9. The Morgan fingerprint density at radius 1 is 1.00 bits per heavy atom. The van der Waals surface area contributed by atoms with Gasteiger partial charge >= 0.3 is 0 Å². The molecule has 3 aliphatic rings. The average molecular weight is 469 g/mol. The van der Waals surface area contributed by atoms with Crippen molar-refractivity contribution >= 4 is 17.4 Å². The van der Waals surface area contributed by atoms with E-state index >= 15 is 0 Å². The number of anilines is 1. The van der Waals surface area contributed by atoms with Gasteiger partial charge in [0.05, 0.1) is 0 Å². The van der Waals surface area contributed by atoms with Crippen molar-refractivity contribution in [2.24, 2.45) is 23.5 Å². The highest BCUT2D eigenvalue weighted by molar-refractivity contribution is 5.77. The number of amides is 1. The van der Waals surface area contributed by atoms with Gasteiger partial charge in [0.25, 0.3) is 0 Å². The van der Waals surface area contributed by atoms with Crippen LogP contribution in [0.3, 0.4) is 0 Å². The van der Waals surface area contributed by atoms with E-state index in [1.807, 2.05) is 16.6 Å². The summed E-state index contributed by atoms with van der Waals surface area (Å²) in [6, 6.07) is 3.99. The molecule has 5 rings (SSSR count). The maximum absolute atomic E-state index is 12.5. The molecule has 186 valence electrons. The molecule has 1 aliphatic carbocycles. The number of nitrogens with zero attached hydrogens (tertiary/aromatic N) is 7. The van der Waals surface area contributed by atoms with Gasteiger partial charge in [-0.05, 0) is 69.8 Å². The number of primary amides is 1. The van der Waals surface area contributed by atoms with E-state index in [9.17, 15) is 4.79 Å². The monoisotopic (exact) mass is 468 g/mol. The third-order valence-corrected chi connectivity index (χ3v) is 8.35. The van der Waals surface area contributed by atoms with E-state index in [0.717, 1.165) is 75.3 Å². The molecule has 1 amide bonds. The first-order valence-corrected chi connectivity index (χ1v) is 13.2. The minimum Gasteiger partial charge on any atom is -0.369 e. The lowest BCUT2D eigenvalue weighted by molar-refractivity contribution is -0.124. The van der Waals surface area contributed by atoms with E-state index in [4.69, 9.17) is 10.8 Å². The molecule has 2 aliphatic heterocycles.